The highest BCUT2D eigenvalue weighted by Crippen LogP contribution is 2.26. The number of nitrogens with zero attached hydrogens (tertiary/aromatic N) is 4. The number of hydrogen-bond donors (Lipinski definition) is 1. The lowest BCUT2D eigenvalue weighted by atomic mass is 10.1. The highest BCUT2D eigenvalue weighted by molar-refractivity contribution is 6.07. The van der Waals surface area contributed by atoms with E-state index in [1.807, 2.05) is 41.3 Å². The van der Waals surface area contributed by atoms with Crippen LogP contribution in [0.2, 0.25) is 0 Å². The van der Waals surface area contributed by atoms with Gasteiger partial charge in [-0.1, -0.05) is 24.3 Å². The molecule has 1 N–H and O–H groups in total. The SMILES string of the molecule is O=C(NC1CC1)c1cc(N2CCN(C(=O)c3ccccn3)CC2)nc2ccccc12. The first-order valence-corrected chi connectivity index (χ1v) is 10.3. The van der Waals surface area contributed by atoms with Crippen molar-refractivity contribution < 1.29 is 9.59 Å². The summed E-state index contributed by atoms with van der Waals surface area (Å²) in [7, 11) is 0. The quantitative estimate of drug-likeness (QED) is 0.727. The molecule has 7 nitrogen and oxygen atoms in total. The van der Waals surface area contributed by atoms with Crippen molar-refractivity contribution in [3.05, 3.63) is 66.0 Å². The first kappa shape index (κ1) is 18.5. The maximum absolute atomic E-state index is 12.8. The van der Waals surface area contributed by atoms with Crippen LogP contribution in [0.1, 0.15) is 33.7 Å². The van der Waals surface area contributed by atoms with Crippen LogP contribution >= 0.6 is 0 Å². The monoisotopic (exact) mass is 401 g/mol. The second-order valence-corrected chi connectivity index (χ2v) is 7.79. The Morgan fingerprint density at radius 3 is 2.47 bits per heavy atom. The molecule has 0 unspecified atom stereocenters. The number of hydrogen-bond acceptors (Lipinski definition) is 5. The van der Waals surface area contributed by atoms with Crippen molar-refractivity contribution in [1.29, 1.82) is 0 Å². The van der Waals surface area contributed by atoms with Gasteiger partial charge >= 0.3 is 0 Å². The molecule has 2 aliphatic rings. The van der Waals surface area contributed by atoms with Crippen molar-refractivity contribution in [3.63, 3.8) is 0 Å². The van der Waals surface area contributed by atoms with Crippen LogP contribution in [0.5, 0.6) is 0 Å². The maximum Gasteiger partial charge on any atom is 0.272 e. The van der Waals surface area contributed by atoms with E-state index in [1.165, 1.54) is 0 Å². The minimum absolute atomic E-state index is 0.0404. The number of para-hydroxylation sites is 1. The minimum atomic E-state index is -0.0498. The van der Waals surface area contributed by atoms with Crippen LogP contribution in [-0.2, 0) is 0 Å². The van der Waals surface area contributed by atoms with E-state index >= 15 is 0 Å². The predicted molar refractivity (Wildman–Crippen MR) is 115 cm³/mol. The number of amides is 2. The fourth-order valence-corrected chi connectivity index (χ4v) is 3.79. The second-order valence-electron chi connectivity index (χ2n) is 7.79. The molecule has 30 heavy (non-hydrogen) atoms. The Hall–Kier alpha value is -3.48. The van der Waals surface area contributed by atoms with E-state index in [0.29, 0.717) is 43.5 Å². The van der Waals surface area contributed by atoms with Gasteiger partial charge in [0.1, 0.15) is 11.5 Å². The fourth-order valence-electron chi connectivity index (χ4n) is 3.79. The molecule has 2 aromatic heterocycles. The molecule has 0 spiro atoms. The minimum Gasteiger partial charge on any atom is -0.353 e. The Bertz CT molecular complexity index is 1090. The first-order valence-electron chi connectivity index (χ1n) is 10.3. The van der Waals surface area contributed by atoms with E-state index in [9.17, 15) is 9.59 Å². The first-order chi connectivity index (χ1) is 14.7. The van der Waals surface area contributed by atoms with E-state index < -0.39 is 0 Å². The molecule has 0 radical (unpaired) electrons. The van der Waals surface area contributed by atoms with Gasteiger partial charge in [0, 0.05) is 43.8 Å². The molecule has 1 saturated carbocycles. The topological polar surface area (TPSA) is 78.4 Å². The number of fused-ring (bicyclic) bond motifs is 1. The van der Waals surface area contributed by atoms with E-state index in [-0.39, 0.29) is 11.8 Å². The third kappa shape index (κ3) is 3.70. The number of aromatic nitrogens is 2. The molecule has 1 aliphatic heterocycles. The summed E-state index contributed by atoms with van der Waals surface area (Å²) >= 11 is 0. The van der Waals surface area contributed by atoms with Crippen LogP contribution in [0.4, 0.5) is 5.82 Å². The molecule has 152 valence electrons. The Morgan fingerprint density at radius 1 is 0.967 bits per heavy atom. The summed E-state index contributed by atoms with van der Waals surface area (Å²) in [5, 5.41) is 3.95. The number of pyridine rings is 2. The van der Waals surface area contributed by atoms with Gasteiger partial charge in [0.15, 0.2) is 0 Å². The second kappa shape index (κ2) is 7.74. The summed E-state index contributed by atoms with van der Waals surface area (Å²) in [6.07, 6.45) is 3.73. The van der Waals surface area contributed by atoms with Crippen LogP contribution in [0.25, 0.3) is 10.9 Å². The molecule has 1 saturated heterocycles. The van der Waals surface area contributed by atoms with Gasteiger partial charge in [0.25, 0.3) is 11.8 Å². The van der Waals surface area contributed by atoms with Gasteiger partial charge in [-0.15, -0.1) is 0 Å². The van der Waals surface area contributed by atoms with Crippen LogP contribution in [0, 0.1) is 0 Å². The van der Waals surface area contributed by atoms with Crippen LogP contribution in [0.15, 0.2) is 54.7 Å². The summed E-state index contributed by atoms with van der Waals surface area (Å²) in [5.74, 6) is 0.687. The molecule has 1 aromatic carbocycles. The van der Waals surface area contributed by atoms with Crippen molar-refractivity contribution >= 4 is 28.5 Å². The third-order valence-corrected chi connectivity index (χ3v) is 5.63. The van der Waals surface area contributed by atoms with Gasteiger partial charge in [0.2, 0.25) is 0 Å². The Morgan fingerprint density at radius 2 is 1.73 bits per heavy atom. The molecule has 2 fully saturated rings. The molecule has 0 bridgehead atoms. The lowest BCUT2D eigenvalue weighted by Gasteiger charge is -2.35. The van der Waals surface area contributed by atoms with Crippen molar-refractivity contribution in [2.75, 3.05) is 31.1 Å². The van der Waals surface area contributed by atoms with Crippen LogP contribution < -0.4 is 10.2 Å². The highest BCUT2D eigenvalue weighted by atomic mass is 16.2. The zero-order valence-electron chi connectivity index (χ0n) is 16.6. The molecule has 3 aromatic rings. The molecular formula is C23H23N5O2. The number of carbonyl (C=O) groups excluding carboxylic acids is 2. The maximum atomic E-state index is 12.8. The number of anilines is 1. The summed E-state index contributed by atoms with van der Waals surface area (Å²) < 4.78 is 0. The van der Waals surface area contributed by atoms with Gasteiger partial charge in [-0.2, -0.15) is 0 Å². The van der Waals surface area contributed by atoms with E-state index in [4.69, 9.17) is 4.98 Å². The van der Waals surface area contributed by atoms with Crippen molar-refractivity contribution in [1.82, 2.24) is 20.2 Å². The van der Waals surface area contributed by atoms with Gasteiger partial charge < -0.3 is 15.1 Å². The summed E-state index contributed by atoms with van der Waals surface area (Å²) in [6, 6.07) is 15.3. The normalized spacial score (nSPS) is 16.5. The molecule has 7 heteroatoms. The molecule has 1 aliphatic carbocycles. The average Bonchev–Trinajstić information content (AvgIpc) is 3.62. The fraction of sp³-hybridized carbons (Fsp3) is 0.304. The Labute approximate surface area is 174 Å². The number of nitrogens with one attached hydrogen (secondary N) is 1. The lowest BCUT2D eigenvalue weighted by molar-refractivity contribution is 0.0740. The van der Waals surface area contributed by atoms with E-state index in [1.54, 1.807) is 18.3 Å². The third-order valence-electron chi connectivity index (χ3n) is 5.63. The van der Waals surface area contributed by atoms with Crippen LogP contribution in [0.3, 0.4) is 0 Å². The van der Waals surface area contributed by atoms with Crippen molar-refractivity contribution in [3.8, 4) is 0 Å². The standard InChI is InChI=1S/C23H23N5O2/c29-22(25-16-8-9-16)18-15-21(26-19-6-2-1-5-17(18)19)27-11-13-28(14-12-27)23(30)20-7-3-4-10-24-20/h1-7,10,15-16H,8-9,11-14H2,(H,25,29). The van der Waals surface area contributed by atoms with E-state index in [0.717, 1.165) is 29.6 Å². The number of rotatable bonds is 4. The van der Waals surface area contributed by atoms with Gasteiger partial charge in [-0.25, -0.2) is 4.98 Å². The largest absolute Gasteiger partial charge is 0.353 e. The Balaban J connectivity index is 1.36. The van der Waals surface area contributed by atoms with Gasteiger partial charge in [0.05, 0.1) is 11.1 Å². The smallest absolute Gasteiger partial charge is 0.272 e. The zero-order valence-corrected chi connectivity index (χ0v) is 16.6. The lowest BCUT2D eigenvalue weighted by Crippen LogP contribution is -2.49. The number of piperazine rings is 1. The average molecular weight is 401 g/mol. The molecule has 0 atom stereocenters. The highest BCUT2D eigenvalue weighted by Gasteiger charge is 2.27. The Kier molecular flexibility index (Phi) is 4.78. The van der Waals surface area contributed by atoms with Crippen molar-refractivity contribution in [2.45, 2.75) is 18.9 Å². The molecular weight excluding hydrogens is 378 g/mol. The van der Waals surface area contributed by atoms with Crippen LogP contribution in [-0.4, -0.2) is 58.9 Å². The zero-order chi connectivity index (χ0) is 20.5. The van der Waals surface area contributed by atoms with Gasteiger partial charge in [-0.05, 0) is 37.1 Å². The summed E-state index contributed by atoms with van der Waals surface area (Å²) in [6.45, 7) is 2.50. The number of benzene rings is 1. The summed E-state index contributed by atoms with van der Waals surface area (Å²) in [5.41, 5.74) is 1.94. The molecule has 5 rings (SSSR count). The predicted octanol–water partition coefficient (Wildman–Crippen LogP) is 2.48. The molecule has 2 amide bonds. The summed E-state index contributed by atoms with van der Waals surface area (Å²) in [4.78, 5) is 38.4. The van der Waals surface area contributed by atoms with Crippen molar-refractivity contribution in [2.24, 2.45) is 0 Å². The number of carbonyl (C=O) groups is 2. The van der Waals surface area contributed by atoms with E-state index in [2.05, 4.69) is 15.2 Å². The molecule has 3 heterocycles. The van der Waals surface area contributed by atoms with Gasteiger partial charge in [-0.3, -0.25) is 14.6 Å².